The number of benzene rings is 1. The lowest BCUT2D eigenvalue weighted by atomic mass is 10.2. The molecule has 0 bridgehead atoms. The van der Waals surface area contributed by atoms with Crippen LogP contribution in [0.2, 0.25) is 5.02 Å². The van der Waals surface area contributed by atoms with Crippen molar-refractivity contribution >= 4 is 27.3 Å². The molecule has 1 aliphatic carbocycles. The molecule has 1 heterocycles. The van der Waals surface area contributed by atoms with E-state index in [9.17, 15) is 17.6 Å². The molecule has 1 aliphatic heterocycles. The van der Waals surface area contributed by atoms with Crippen LogP contribution >= 0.6 is 11.6 Å². The standard InChI is InChI=1S/C15H17ClFNO4S/c16-13-7-12(3-4-14(13)17)22-8-15(19)18(10-1-2-10)11-5-6-23(20,21)9-11/h3-4,7,10-11H,1-2,5-6,8-9H2. The van der Waals surface area contributed by atoms with Crippen LogP contribution in [0.3, 0.4) is 0 Å². The minimum Gasteiger partial charge on any atom is -0.484 e. The van der Waals surface area contributed by atoms with Gasteiger partial charge in [0.25, 0.3) is 5.91 Å². The summed E-state index contributed by atoms with van der Waals surface area (Å²) in [5, 5.41) is -0.0733. The van der Waals surface area contributed by atoms with Crippen molar-refractivity contribution in [1.29, 1.82) is 0 Å². The Morgan fingerprint density at radius 2 is 2.04 bits per heavy atom. The summed E-state index contributed by atoms with van der Waals surface area (Å²) in [6.45, 7) is -0.213. The minimum absolute atomic E-state index is 0.0254. The quantitative estimate of drug-likeness (QED) is 0.805. The van der Waals surface area contributed by atoms with E-state index in [0.717, 1.165) is 12.8 Å². The van der Waals surface area contributed by atoms with Crippen LogP contribution in [0.5, 0.6) is 5.75 Å². The Balaban J connectivity index is 1.64. The summed E-state index contributed by atoms with van der Waals surface area (Å²) in [6, 6.07) is 3.73. The first-order valence-corrected chi connectivity index (χ1v) is 9.65. The van der Waals surface area contributed by atoms with Crippen molar-refractivity contribution in [2.45, 2.75) is 31.3 Å². The van der Waals surface area contributed by atoms with Gasteiger partial charge >= 0.3 is 0 Å². The molecule has 2 fully saturated rings. The average Bonchev–Trinajstić information content (AvgIpc) is 3.24. The third-order valence-corrected chi connectivity index (χ3v) is 6.12. The van der Waals surface area contributed by atoms with Gasteiger partial charge in [0.15, 0.2) is 16.4 Å². The second-order valence-corrected chi connectivity index (χ2v) is 8.59. The highest BCUT2D eigenvalue weighted by Gasteiger charge is 2.42. The molecule has 1 unspecified atom stereocenters. The molecule has 1 aromatic rings. The van der Waals surface area contributed by atoms with Gasteiger partial charge in [0.1, 0.15) is 11.6 Å². The number of ether oxygens (including phenoxy) is 1. The molecular formula is C15H17ClFNO4S. The van der Waals surface area contributed by atoms with E-state index in [1.165, 1.54) is 18.2 Å². The average molecular weight is 362 g/mol. The molecule has 1 amide bonds. The van der Waals surface area contributed by atoms with Crippen LogP contribution < -0.4 is 4.74 Å². The lowest BCUT2D eigenvalue weighted by Crippen LogP contribution is -2.45. The Hall–Kier alpha value is -1.34. The molecule has 3 rings (SSSR count). The van der Waals surface area contributed by atoms with E-state index in [0.29, 0.717) is 12.2 Å². The third-order valence-electron chi connectivity index (χ3n) is 4.08. The molecule has 1 aromatic carbocycles. The number of carbonyl (C=O) groups excluding carboxylic acids is 1. The first-order chi connectivity index (χ1) is 10.9. The Morgan fingerprint density at radius 3 is 2.61 bits per heavy atom. The summed E-state index contributed by atoms with van der Waals surface area (Å²) in [7, 11) is -3.05. The van der Waals surface area contributed by atoms with E-state index in [1.807, 2.05) is 0 Å². The van der Waals surface area contributed by atoms with E-state index in [-0.39, 0.29) is 41.1 Å². The number of halogens is 2. The van der Waals surface area contributed by atoms with Gasteiger partial charge < -0.3 is 9.64 Å². The summed E-state index contributed by atoms with van der Waals surface area (Å²) in [5.41, 5.74) is 0. The molecule has 1 saturated carbocycles. The lowest BCUT2D eigenvalue weighted by Gasteiger charge is -2.28. The zero-order chi connectivity index (χ0) is 16.6. The van der Waals surface area contributed by atoms with Crippen LogP contribution in [0, 0.1) is 5.82 Å². The zero-order valence-electron chi connectivity index (χ0n) is 12.4. The van der Waals surface area contributed by atoms with Crippen LogP contribution in [0.25, 0.3) is 0 Å². The highest BCUT2D eigenvalue weighted by Crippen LogP contribution is 2.32. The highest BCUT2D eigenvalue weighted by molar-refractivity contribution is 7.91. The third kappa shape index (κ3) is 3.95. The number of carbonyl (C=O) groups is 1. The summed E-state index contributed by atoms with van der Waals surface area (Å²) in [5.74, 6) is -0.337. The van der Waals surface area contributed by atoms with Crippen molar-refractivity contribution in [3.05, 3.63) is 29.0 Å². The maximum Gasteiger partial charge on any atom is 0.261 e. The summed E-state index contributed by atoms with van der Waals surface area (Å²) >= 11 is 5.67. The van der Waals surface area contributed by atoms with Crippen molar-refractivity contribution in [1.82, 2.24) is 4.90 Å². The Morgan fingerprint density at radius 1 is 1.30 bits per heavy atom. The minimum atomic E-state index is -3.05. The van der Waals surface area contributed by atoms with Crippen LogP contribution in [0.4, 0.5) is 4.39 Å². The van der Waals surface area contributed by atoms with Gasteiger partial charge in [-0.05, 0) is 31.4 Å². The summed E-state index contributed by atoms with van der Waals surface area (Å²) in [6.07, 6.45) is 2.27. The van der Waals surface area contributed by atoms with Gasteiger partial charge in [-0.25, -0.2) is 12.8 Å². The molecule has 126 valence electrons. The second-order valence-electron chi connectivity index (χ2n) is 5.95. The predicted molar refractivity (Wildman–Crippen MR) is 83.8 cm³/mol. The second kappa shape index (κ2) is 6.28. The smallest absolute Gasteiger partial charge is 0.261 e. The molecule has 8 heteroatoms. The maximum absolute atomic E-state index is 13.1. The van der Waals surface area contributed by atoms with Gasteiger partial charge in [0.2, 0.25) is 0 Å². The Bertz CT molecular complexity index is 720. The van der Waals surface area contributed by atoms with Crippen LogP contribution in [0.15, 0.2) is 18.2 Å². The fraction of sp³-hybridized carbons (Fsp3) is 0.533. The summed E-state index contributed by atoms with van der Waals surface area (Å²) in [4.78, 5) is 14.1. The number of hydrogen-bond donors (Lipinski definition) is 0. The van der Waals surface area contributed by atoms with Gasteiger partial charge in [-0.3, -0.25) is 4.79 Å². The lowest BCUT2D eigenvalue weighted by molar-refractivity contribution is -0.135. The van der Waals surface area contributed by atoms with Gasteiger partial charge in [-0.1, -0.05) is 11.6 Å². The van der Waals surface area contributed by atoms with Crippen LogP contribution in [-0.4, -0.2) is 49.4 Å². The Labute approximate surface area is 139 Å². The molecule has 0 spiro atoms. The van der Waals surface area contributed by atoms with Crippen molar-refractivity contribution < 1.29 is 22.3 Å². The van der Waals surface area contributed by atoms with Gasteiger partial charge in [0, 0.05) is 18.2 Å². The topological polar surface area (TPSA) is 63.7 Å². The normalized spacial score (nSPS) is 22.8. The number of hydrogen-bond acceptors (Lipinski definition) is 4. The van der Waals surface area contributed by atoms with Crippen LogP contribution in [0.1, 0.15) is 19.3 Å². The number of rotatable bonds is 5. The van der Waals surface area contributed by atoms with E-state index in [1.54, 1.807) is 4.90 Å². The van der Waals surface area contributed by atoms with E-state index in [2.05, 4.69) is 0 Å². The highest BCUT2D eigenvalue weighted by atomic mass is 35.5. The maximum atomic E-state index is 13.1. The zero-order valence-corrected chi connectivity index (χ0v) is 13.9. The Kier molecular flexibility index (Phi) is 4.51. The van der Waals surface area contributed by atoms with E-state index in [4.69, 9.17) is 16.3 Å². The monoisotopic (exact) mass is 361 g/mol. The largest absolute Gasteiger partial charge is 0.484 e. The van der Waals surface area contributed by atoms with Gasteiger partial charge in [0.05, 0.1) is 16.5 Å². The number of amides is 1. The molecule has 0 radical (unpaired) electrons. The first-order valence-electron chi connectivity index (χ1n) is 7.45. The molecule has 5 nitrogen and oxygen atoms in total. The summed E-state index contributed by atoms with van der Waals surface area (Å²) < 4.78 is 41.8. The van der Waals surface area contributed by atoms with Crippen molar-refractivity contribution in [2.75, 3.05) is 18.1 Å². The predicted octanol–water partition coefficient (Wildman–Crippen LogP) is 2.04. The number of nitrogens with zero attached hydrogens (tertiary/aromatic N) is 1. The van der Waals surface area contributed by atoms with E-state index < -0.39 is 15.7 Å². The molecule has 0 aromatic heterocycles. The molecular weight excluding hydrogens is 345 g/mol. The van der Waals surface area contributed by atoms with E-state index >= 15 is 0 Å². The van der Waals surface area contributed by atoms with Crippen molar-refractivity contribution in [3.8, 4) is 5.75 Å². The first kappa shape index (κ1) is 16.5. The SMILES string of the molecule is O=C(COc1ccc(F)c(Cl)c1)N(C1CC1)C1CCS(=O)(=O)C1. The van der Waals surface area contributed by atoms with Gasteiger partial charge in [-0.2, -0.15) is 0 Å². The molecule has 1 saturated heterocycles. The fourth-order valence-corrected chi connectivity index (χ4v) is 4.72. The molecule has 1 atom stereocenters. The molecule has 0 N–H and O–H groups in total. The number of sulfone groups is 1. The van der Waals surface area contributed by atoms with Gasteiger partial charge in [-0.15, -0.1) is 0 Å². The molecule has 23 heavy (non-hydrogen) atoms. The van der Waals surface area contributed by atoms with Crippen molar-refractivity contribution in [2.24, 2.45) is 0 Å². The fourth-order valence-electron chi connectivity index (χ4n) is 2.84. The van der Waals surface area contributed by atoms with Crippen molar-refractivity contribution in [3.63, 3.8) is 0 Å². The van der Waals surface area contributed by atoms with Crippen LogP contribution in [-0.2, 0) is 14.6 Å². The molecule has 2 aliphatic rings.